The predicted molar refractivity (Wildman–Crippen MR) is 77.6 cm³/mol. The highest BCUT2D eigenvalue weighted by atomic mass is 16.2. The molecule has 0 saturated heterocycles. The molecule has 1 atom stereocenters. The van der Waals surface area contributed by atoms with Crippen molar-refractivity contribution in [1.29, 1.82) is 0 Å². The van der Waals surface area contributed by atoms with Crippen molar-refractivity contribution in [2.45, 2.75) is 19.9 Å². The van der Waals surface area contributed by atoms with E-state index in [4.69, 9.17) is 5.73 Å². The molecule has 0 aliphatic carbocycles. The number of amides is 1. The maximum absolute atomic E-state index is 12.0. The van der Waals surface area contributed by atoms with Crippen LogP contribution in [0.1, 0.15) is 18.9 Å². The average Bonchev–Trinajstić information content (AvgIpc) is 2.82. The summed E-state index contributed by atoms with van der Waals surface area (Å²) in [7, 11) is 1.84. The van der Waals surface area contributed by atoms with E-state index in [0.717, 1.165) is 11.1 Å². The van der Waals surface area contributed by atoms with Gasteiger partial charge < -0.3 is 15.6 Å². The van der Waals surface area contributed by atoms with Crippen molar-refractivity contribution >= 4 is 16.8 Å². The number of carbonyl (C=O) groups excluding carboxylic acids is 1. The molecule has 0 saturated carbocycles. The van der Waals surface area contributed by atoms with Crippen molar-refractivity contribution in [1.82, 2.24) is 9.88 Å². The summed E-state index contributed by atoms with van der Waals surface area (Å²) < 4.78 is 0. The zero-order valence-corrected chi connectivity index (χ0v) is 11.5. The summed E-state index contributed by atoms with van der Waals surface area (Å²) in [5.74, 6) is 0.376. The van der Waals surface area contributed by atoms with Gasteiger partial charge in [0.2, 0.25) is 5.91 Å². The number of carbonyl (C=O) groups is 1. The Morgan fingerprint density at radius 2 is 2.16 bits per heavy atom. The number of rotatable bonds is 5. The van der Waals surface area contributed by atoms with Crippen LogP contribution in [0.25, 0.3) is 10.9 Å². The van der Waals surface area contributed by atoms with E-state index in [1.54, 1.807) is 4.90 Å². The van der Waals surface area contributed by atoms with E-state index in [1.807, 2.05) is 38.4 Å². The van der Waals surface area contributed by atoms with E-state index in [1.165, 1.54) is 5.39 Å². The fourth-order valence-electron chi connectivity index (χ4n) is 2.14. The van der Waals surface area contributed by atoms with Gasteiger partial charge in [-0.15, -0.1) is 0 Å². The smallest absolute Gasteiger partial charge is 0.222 e. The van der Waals surface area contributed by atoms with Crippen LogP contribution in [0, 0.1) is 5.92 Å². The van der Waals surface area contributed by atoms with Gasteiger partial charge in [0.05, 0.1) is 0 Å². The molecule has 0 fully saturated rings. The predicted octanol–water partition coefficient (Wildman–Crippen LogP) is 2.11. The molecule has 0 aliphatic rings. The lowest BCUT2D eigenvalue weighted by molar-refractivity contribution is -0.131. The molecule has 1 heterocycles. The van der Waals surface area contributed by atoms with Crippen LogP contribution in [0.15, 0.2) is 30.5 Å². The van der Waals surface area contributed by atoms with Crippen LogP contribution < -0.4 is 5.73 Å². The largest absolute Gasteiger partial charge is 0.361 e. The SMILES string of the molecule is CC(CN)CC(=O)N(C)Cc1c[nH]c2ccccc12. The molecule has 0 spiro atoms. The monoisotopic (exact) mass is 259 g/mol. The third kappa shape index (κ3) is 3.15. The summed E-state index contributed by atoms with van der Waals surface area (Å²) in [5.41, 5.74) is 7.81. The third-order valence-electron chi connectivity index (χ3n) is 3.43. The number of hydrogen-bond acceptors (Lipinski definition) is 2. The first kappa shape index (κ1) is 13.6. The van der Waals surface area contributed by atoms with Crippen molar-refractivity contribution in [2.24, 2.45) is 11.7 Å². The second-order valence-electron chi connectivity index (χ2n) is 5.15. The molecule has 1 aromatic carbocycles. The zero-order chi connectivity index (χ0) is 13.8. The minimum atomic E-state index is 0.142. The Kier molecular flexibility index (Phi) is 4.22. The molecular formula is C15H21N3O. The zero-order valence-electron chi connectivity index (χ0n) is 11.5. The second-order valence-corrected chi connectivity index (χ2v) is 5.15. The number of nitrogens with zero attached hydrogens (tertiary/aromatic N) is 1. The Morgan fingerprint density at radius 1 is 1.42 bits per heavy atom. The topological polar surface area (TPSA) is 62.1 Å². The number of aromatic nitrogens is 1. The first-order valence-electron chi connectivity index (χ1n) is 6.61. The van der Waals surface area contributed by atoms with Crippen LogP contribution in [0.3, 0.4) is 0 Å². The lowest BCUT2D eigenvalue weighted by atomic mass is 10.1. The summed E-state index contributed by atoms with van der Waals surface area (Å²) >= 11 is 0. The number of nitrogens with two attached hydrogens (primary N) is 1. The van der Waals surface area contributed by atoms with E-state index in [9.17, 15) is 4.79 Å². The van der Waals surface area contributed by atoms with E-state index in [0.29, 0.717) is 19.5 Å². The number of nitrogens with one attached hydrogen (secondary N) is 1. The van der Waals surface area contributed by atoms with Gasteiger partial charge in [0, 0.05) is 37.1 Å². The Labute approximate surface area is 113 Å². The molecule has 19 heavy (non-hydrogen) atoms. The molecule has 0 bridgehead atoms. The van der Waals surface area contributed by atoms with E-state index in [2.05, 4.69) is 11.1 Å². The van der Waals surface area contributed by atoms with Gasteiger partial charge >= 0.3 is 0 Å². The van der Waals surface area contributed by atoms with Gasteiger partial charge in [0.25, 0.3) is 0 Å². The molecule has 0 radical (unpaired) electrons. The van der Waals surface area contributed by atoms with Gasteiger partial charge in [0.15, 0.2) is 0 Å². The number of aromatic amines is 1. The lowest BCUT2D eigenvalue weighted by Crippen LogP contribution is -2.29. The van der Waals surface area contributed by atoms with Crippen LogP contribution >= 0.6 is 0 Å². The standard InChI is InChI=1S/C15H21N3O/c1-11(8-16)7-15(19)18(2)10-12-9-17-14-6-4-3-5-13(12)14/h3-6,9,11,17H,7-8,10,16H2,1-2H3. The van der Waals surface area contributed by atoms with Crippen LogP contribution in [0.4, 0.5) is 0 Å². The average molecular weight is 259 g/mol. The summed E-state index contributed by atoms with van der Waals surface area (Å²) in [6, 6.07) is 8.12. The number of H-pyrrole nitrogens is 1. The van der Waals surface area contributed by atoms with Gasteiger partial charge in [-0.3, -0.25) is 4.79 Å². The Bertz CT molecular complexity index is 561. The molecule has 0 aliphatic heterocycles. The highest BCUT2D eigenvalue weighted by molar-refractivity contribution is 5.84. The van der Waals surface area contributed by atoms with Gasteiger partial charge in [-0.05, 0) is 24.1 Å². The molecule has 1 aromatic heterocycles. The van der Waals surface area contributed by atoms with Crippen molar-refractivity contribution < 1.29 is 4.79 Å². The summed E-state index contributed by atoms with van der Waals surface area (Å²) in [6.45, 7) is 3.17. The third-order valence-corrected chi connectivity index (χ3v) is 3.43. The Morgan fingerprint density at radius 3 is 2.89 bits per heavy atom. The fraction of sp³-hybridized carbons (Fsp3) is 0.400. The molecule has 102 valence electrons. The van der Waals surface area contributed by atoms with Crippen LogP contribution in [-0.4, -0.2) is 29.4 Å². The summed E-state index contributed by atoms with van der Waals surface area (Å²) in [5, 5.41) is 1.18. The van der Waals surface area contributed by atoms with Gasteiger partial charge in [-0.2, -0.15) is 0 Å². The summed E-state index contributed by atoms with van der Waals surface area (Å²) in [6.07, 6.45) is 2.48. The first-order valence-corrected chi connectivity index (χ1v) is 6.61. The second kappa shape index (κ2) is 5.89. The molecular weight excluding hydrogens is 238 g/mol. The molecule has 1 amide bonds. The molecule has 3 N–H and O–H groups in total. The number of benzene rings is 1. The Hall–Kier alpha value is -1.81. The van der Waals surface area contributed by atoms with Gasteiger partial charge in [-0.1, -0.05) is 25.1 Å². The Balaban J connectivity index is 2.06. The van der Waals surface area contributed by atoms with Crippen molar-refractivity contribution in [3.8, 4) is 0 Å². The van der Waals surface area contributed by atoms with Crippen LogP contribution in [0.5, 0.6) is 0 Å². The maximum Gasteiger partial charge on any atom is 0.222 e. The fourth-order valence-corrected chi connectivity index (χ4v) is 2.14. The maximum atomic E-state index is 12.0. The van der Waals surface area contributed by atoms with Gasteiger partial charge in [0.1, 0.15) is 0 Å². The minimum absolute atomic E-state index is 0.142. The normalized spacial score (nSPS) is 12.6. The molecule has 2 rings (SSSR count). The van der Waals surface area contributed by atoms with E-state index < -0.39 is 0 Å². The highest BCUT2D eigenvalue weighted by Gasteiger charge is 2.14. The van der Waals surface area contributed by atoms with Crippen LogP contribution in [-0.2, 0) is 11.3 Å². The van der Waals surface area contributed by atoms with Crippen molar-refractivity contribution in [2.75, 3.05) is 13.6 Å². The van der Waals surface area contributed by atoms with E-state index >= 15 is 0 Å². The lowest BCUT2D eigenvalue weighted by Gasteiger charge is -2.18. The first-order chi connectivity index (χ1) is 9.11. The molecule has 4 nitrogen and oxygen atoms in total. The molecule has 4 heteroatoms. The van der Waals surface area contributed by atoms with Crippen LogP contribution in [0.2, 0.25) is 0 Å². The number of para-hydroxylation sites is 1. The minimum Gasteiger partial charge on any atom is -0.361 e. The quantitative estimate of drug-likeness (QED) is 0.864. The van der Waals surface area contributed by atoms with E-state index in [-0.39, 0.29) is 11.8 Å². The summed E-state index contributed by atoms with van der Waals surface area (Å²) in [4.78, 5) is 17.0. The number of fused-ring (bicyclic) bond motifs is 1. The van der Waals surface area contributed by atoms with Gasteiger partial charge in [-0.25, -0.2) is 0 Å². The molecule has 1 unspecified atom stereocenters. The molecule has 2 aromatic rings. The van der Waals surface area contributed by atoms with Crippen molar-refractivity contribution in [3.05, 3.63) is 36.0 Å². The van der Waals surface area contributed by atoms with Crippen molar-refractivity contribution in [3.63, 3.8) is 0 Å². The highest BCUT2D eigenvalue weighted by Crippen LogP contribution is 2.19. The number of hydrogen-bond donors (Lipinski definition) is 2.